The van der Waals surface area contributed by atoms with E-state index < -0.39 is 0 Å². The first-order valence-electron chi connectivity index (χ1n) is 11.3. The van der Waals surface area contributed by atoms with Crippen molar-refractivity contribution in [3.63, 3.8) is 0 Å². The molecule has 1 aliphatic heterocycles. The van der Waals surface area contributed by atoms with Crippen molar-refractivity contribution in [2.45, 2.75) is 44.4 Å². The molecule has 0 N–H and O–H groups in total. The van der Waals surface area contributed by atoms with Gasteiger partial charge in [0.25, 0.3) is 0 Å². The van der Waals surface area contributed by atoms with E-state index in [1.54, 1.807) is 12.5 Å². The fourth-order valence-corrected chi connectivity index (χ4v) is 3.90. The topological polar surface area (TPSA) is 62.6 Å². The number of ether oxygens (including phenoxy) is 3. The van der Waals surface area contributed by atoms with Gasteiger partial charge < -0.3 is 18.8 Å². The summed E-state index contributed by atoms with van der Waals surface area (Å²) in [6.07, 6.45) is 9.03. The van der Waals surface area contributed by atoms with Gasteiger partial charge in [-0.05, 0) is 55.5 Å². The average molecular weight is 435 g/mol. The lowest BCUT2D eigenvalue weighted by atomic mass is 9.88. The van der Waals surface area contributed by atoms with Gasteiger partial charge >= 0.3 is 0 Å². The lowest BCUT2D eigenvalue weighted by Crippen LogP contribution is -2.24. The summed E-state index contributed by atoms with van der Waals surface area (Å²) >= 11 is 0. The summed E-state index contributed by atoms with van der Waals surface area (Å²) in [6.45, 7) is 2.51. The van der Waals surface area contributed by atoms with Gasteiger partial charge in [-0.25, -0.2) is 4.98 Å². The molecule has 2 atom stereocenters. The third kappa shape index (κ3) is 6.28. The van der Waals surface area contributed by atoms with Gasteiger partial charge in [0.2, 0.25) is 0 Å². The number of hydrogen-bond acceptors (Lipinski definition) is 5. The first-order chi connectivity index (χ1) is 15.8. The van der Waals surface area contributed by atoms with Crippen LogP contribution in [0.25, 0.3) is 0 Å². The van der Waals surface area contributed by atoms with Gasteiger partial charge in [0, 0.05) is 30.5 Å². The molecule has 1 saturated heterocycles. The summed E-state index contributed by atoms with van der Waals surface area (Å²) in [6, 6.07) is 17.3. The van der Waals surface area contributed by atoms with Crippen LogP contribution in [0, 0.1) is 0 Å². The predicted molar refractivity (Wildman–Crippen MR) is 122 cm³/mol. The molecule has 0 amide bonds. The lowest BCUT2D eigenvalue weighted by molar-refractivity contribution is -0.162. The van der Waals surface area contributed by atoms with E-state index in [1.165, 1.54) is 0 Å². The summed E-state index contributed by atoms with van der Waals surface area (Å²) in [5.41, 5.74) is 1.68. The molecule has 2 aromatic carbocycles. The van der Waals surface area contributed by atoms with Crippen LogP contribution >= 0.6 is 0 Å². The Balaban J connectivity index is 1.36. The Morgan fingerprint density at radius 3 is 2.66 bits per heavy atom. The Kier molecular flexibility index (Phi) is 8.06. The minimum absolute atomic E-state index is 0.0920. The number of Topliss-reactive ketones (excluding diaryl/α,β-unsaturated/α-hetero) is 1. The summed E-state index contributed by atoms with van der Waals surface area (Å²) in [4.78, 5) is 17.4. The first-order valence-corrected chi connectivity index (χ1v) is 11.3. The van der Waals surface area contributed by atoms with Crippen molar-refractivity contribution in [3.05, 3.63) is 84.4 Å². The summed E-state index contributed by atoms with van der Waals surface area (Å²) in [5, 5.41) is 0. The molecule has 0 spiro atoms. The second kappa shape index (κ2) is 11.6. The van der Waals surface area contributed by atoms with E-state index in [0.717, 1.165) is 43.7 Å². The van der Waals surface area contributed by atoms with Crippen LogP contribution in [0.15, 0.2) is 73.3 Å². The van der Waals surface area contributed by atoms with Crippen molar-refractivity contribution in [2.24, 2.45) is 0 Å². The van der Waals surface area contributed by atoms with E-state index in [1.807, 2.05) is 65.4 Å². The maximum absolute atomic E-state index is 13.4. The zero-order chi connectivity index (χ0) is 22.0. The van der Waals surface area contributed by atoms with Crippen molar-refractivity contribution in [3.8, 4) is 5.75 Å². The third-order valence-corrected chi connectivity index (χ3v) is 5.68. The lowest BCUT2D eigenvalue weighted by Gasteiger charge is -2.24. The fraction of sp³-hybridized carbons (Fsp3) is 0.385. The number of imidazole rings is 1. The fourth-order valence-electron chi connectivity index (χ4n) is 3.90. The highest BCUT2D eigenvalue weighted by Crippen LogP contribution is 2.26. The minimum atomic E-state index is -0.257. The summed E-state index contributed by atoms with van der Waals surface area (Å²) in [7, 11) is 0. The Bertz CT molecular complexity index is 936. The van der Waals surface area contributed by atoms with Gasteiger partial charge in [-0.15, -0.1) is 0 Å². The molecule has 0 bridgehead atoms. The maximum atomic E-state index is 13.4. The largest absolute Gasteiger partial charge is 0.492 e. The molecule has 3 aromatic rings. The SMILES string of the molecule is O=C(c1ccc(OCCn2ccnc2)cc1)C(CCOC1CCCCO1)c1ccccc1. The quantitative estimate of drug-likeness (QED) is 0.403. The number of ketones is 1. The molecule has 0 radical (unpaired) electrons. The second-order valence-electron chi connectivity index (χ2n) is 7.96. The highest BCUT2D eigenvalue weighted by molar-refractivity contribution is 6.01. The zero-order valence-electron chi connectivity index (χ0n) is 18.3. The van der Waals surface area contributed by atoms with Crippen LogP contribution in [0.1, 0.15) is 47.5 Å². The van der Waals surface area contributed by atoms with Gasteiger partial charge in [-0.1, -0.05) is 30.3 Å². The Morgan fingerprint density at radius 1 is 1.09 bits per heavy atom. The highest BCUT2D eigenvalue weighted by atomic mass is 16.7. The van der Waals surface area contributed by atoms with Crippen LogP contribution in [-0.2, 0) is 16.0 Å². The van der Waals surface area contributed by atoms with Gasteiger partial charge in [-0.2, -0.15) is 0 Å². The van der Waals surface area contributed by atoms with Crippen molar-refractivity contribution < 1.29 is 19.0 Å². The van der Waals surface area contributed by atoms with E-state index in [0.29, 0.717) is 25.2 Å². The van der Waals surface area contributed by atoms with Crippen LogP contribution in [0.4, 0.5) is 0 Å². The molecule has 168 valence electrons. The number of nitrogens with zero attached hydrogens (tertiary/aromatic N) is 2. The molecule has 0 saturated carbocycles. The van der Waals surface area contributed by atoms with Crippen molar-refractivity contribution in [1.29, 1.82) is 0 Å². The number of carbonyl (C=O) groups excluding carboxylic acids is 1. The molecule has 1 fully saturated rings. The minimum Gasteiger partial charge on any atom is -0.492 e. The first kappa shape index (κ1) is 22.2. The van der Waals surface area contributed by atoms with E-state index in [9.17, 15) is 4.79 Å². The second-order valence-corrected chi connectivity index (χ2v) is 7.96. The molecule has 1 aliphatic rings. The van der Waals surface area contributed by atoms with Crippen LogP contribution in [0.3, 0.4) is 0 Å². The van der Waals surface area contributed by atoms with Crippen LogP contribution in [-0.4, -0.2) is 41.4 Å². The Labute approximate surface area is 189 Å². The number of hydrogen-bond donors (Lipinski definition) is 0. The number of benzene rings is 2. The molecule has 32 heavy (non-hydrogen) atoms. The molecule has 2 heterocycles. The van der Waals surface area contributed by atoms with E-state index >= 15 is 0 Å². The molecule has 6 nitrogen and oxygen atoms in total. The third-order valence-electron chi connectivity index (χ3n) is 5.68. The van der Waals surface area contributed by atoms with Crippen LogP contribution in [0.5, 0.6) is 5.75 Å². The molecule has 6 heteroatoms. The van der Waals surface area contributed by atoms with Gasteiger partial charge in [0.05, 0.1) is 19.5 Å². The van der Waals surface area contributed by atoms with E-state index in [-0.39, 0.29) is 18.0 Å². The Morgan fingerprint density at radius 2 is 1.94 bits per heavy atom. The van der Waals surface area contributed by atoms with E-state index in [4.69, 9.17) is 14.2 Å². The molecular formula is C26H30N2O4. The zero-order valence-corrected chi connectivity index (χ0v) is 18.3. The molecule has 1 aromatic heterocycles. The smallest absolute Gasteiger partial charge is 0.170 e. The molecule has 2 unspecified atom stereocenters. The van der Waals surface area contributed by atoms with Crippen molar-refractivity contribution in [1.82, 2.24) is 9.55 Å². The number of rotatable bonds is 11. The monoisotopic (exact) mass is 434 g/mol. The molecule has 4 rings (SSSR count). The maximum Gasteiger partial charge on any atom is 0.170 e. The predicted octanol–water partition coefficient (Wildman–Crippen LogP) is 4.86. The standard InChI is InChI=1S/C26H30N2O4/c29-26(22-9-11-23(12-10-22)30-19-16-28-15-14-27-20-28)24(21-6-2-1-3-7-21)13-18-32-25-8-4-5-17-31-25/h1-3,6-7,9-12,14-15,20,24-25H,4-5,8,13,16-19H2. The van der Waals surface area contributed by atoms with Gasteiger partial charge in [-0.3, -0.25) is 4.79 Å². The average Bonchev–Trinajstić information content (AvgIpc) is 3.37. The van der Waals surface area contributed by atoms with Crippen LogP contribution in [0.2, 0.25) is 0 Å². The van der Waals surface area contributed by atoms with E-state index in [2.05, 4.69) is 4.98 Å². The number of aromatic nitrogens is 2. The highest BCUT2D eigenvalue weighted by Gasteiger charge is 2.23. The number of carbonyl (C=O) groups is 1. The van der Waals surface area contributed by atoms with Gasteiger partial charge in [0.15, 0.2) is 12.1 Å². The van der Waals surface area contributed by atoms with Crippen molar-refractivity contribution in [2.75, 3.05) is 19.8 Å². The Hall–Kier alpha value is -2.96. The molecular weight excluding hydrogens is 404 g/mol. The summed E-state index contributed by atoms with van der Waals surface area (Å²) < 4.78 is 19.3. The van der Waals surface area contributed by atoms with Gasteiger partial charge in [0.1, 0.15) is 12.4 Å². The normalized spacial score (nSPS) is 17.1. The van der Waals surface area contributed by atoms with Crippen molar-refractivity contribution >= 4 is 5.78 Å². The molecule has 0 aliphatic carbocycles. The summed E-state index contributed by atoms with van der Waals surface area (Å²) in [5.74, 6) is 0.581. The van der Waals surface area contributed by atoms with Crippen LogP contribution < -0.4 is 4.74 Å².